The maximum atomic E-state index is 11.7. The van der Waals surface area contributed by atoms with E-state index in [1.807, 2.05) is 0 Å². The summed E-state index contributed by atoms with van der Waals surface area (Å²) in [5, 5.41) is 4.72. The van der Waals surface area contributed by atoms with Crippen molar-refractivity contribution in [2.24, 2.45) is 0 Å². The van der Waals surface area contributed by atoms with E-state index in [-0.39, 0.29) is 35.6 Å². The van der Waals surface area contributed by atoms with Gasteiger partial charge in [-0.1, -0.05) is 0 Å². The summed E-state index contributed by atoms with van der Waals surface area (Å²) < 4.78 is 70.3. The average Bonchev–Trinajstić information content (AvgIpc) is 2.28. The van der Waals surface area contributed by atoms with E-state index in [9.17, 15) is 26.3 Å². The third-order valence-electron chi connectivity index (χ3n) is 1.12. The van der Waals surface area contributed by atoms with E-state index in [0.717, 1.165) is 0 Å². The largest absolute Gasteiger partial charge is 1.00 e. The molecule has 0 aliphatic rings. The van der Waals surface area contributed by atoms with Crippen molar-refractivity contribution in [2.45, 2.75) is 12.4 Å². The Labute approximate surface area is 96.0 Å². The molecule has 2 nitrogen and oxygen atoms in total. The van der Waals surface area contributed by atoms with Gasteiger partial charge in [-0.15, -0.1) is 0 Å². The van der Waals surface area contributed by atoms with E-state index in [1.54, 1.807) is 0 Å². The molecule has 1 rings (SSSR count). The van der Waals surface area contributed by atoms with E-state index in [0.29, 0.717) is 0 Å². The summed E-state index contributed by atoms with van der Waals surface area (Å²) in [6.45, 7) is 0. The van der Waals surface area contributed by atoms with Gasteiger partial charge in [0.05, 0.1) is 0 Å². The first kappa shape index (κ1) is 13.8. The van der Waals surface area contributed by atoms with Crippen LogP contribution in [0.4, 0.5) is 26.3 Å². The van der Waals surface area contributed by atoms with Crippen molar-refractivity contribution in [2.75, 3.05) is 0 Å². The van der Waals surface area contributed by atoms with Gasteiger partial charge in [0.1, 0.15) is 5.69 Å². The van der Waals surface area contributed by atoms with Crippen LogP contribution in [-0.4, -0.2) is 5.10 Å². The summed E-state index contributed by atoms with van der Waals surface area (Å²) in [6.07, 6.45) is -9.78. The fourth-order valence-electron chi connectivity index (χ4n) is 0.572. The minimum absolute atomic E-state index is 0. The summed E-state index contributed by atoms with van der Waals surface area (Å²) in [7, 11) is 0. The molecule has 0 radical (unpaired) electrons. The second-order valence-corrected chi connectivity index (χ2v) is 2.11. The maximum Gasteiger partial charge on any atom is 1.00 e. The SMILES string of the molecule is FC(F)(F)c1cc(C(F)(F)F)[n-]n1.[Na+]. The van der Waals surface area contributed by atoms with Crippen LogP contribution in [0.3, 0.4) is 0 Å². The van der Waals surface area contributed by atoms with Crippen molar-refractivity contribution in [1.29, 1.82) is 0 Å². The molecule has 0 amide bonds. The zero-order valence-electron chi connectivity index (χ0n) is 6.74. The van der Waals surface area contributed by atoms with Crippen molar-refractivity contribution in [3.63, 3.8) is 0 Å². The molecule has 0 aromatic carbocycles. The Kier molecular flexibility index (Phi) is 4.05. The molecule has 0 fully saturated rings. The van der Waals surface area contributed by atoms with Gasteiger partial charge in [0.25, 0.3) is 0 Å². The Balaban J connectivity index is 0.00000169. The standard InChI is InChI=1S/C5HF6N2.Na/c6-4(7,8)2-1-3(13-12-2)5(9,10)11;/h1H;/q-1;+1. The number of hydrogen-bond donors (Lipinski definition) is 0. The van der Waals surface area contributed by atoms with Gasteiger partial charge >= 0.3 is 41.9 Å². The topological polar surface area (TPSA) is 27.0 Å². The van der Waals surface area contributed by atoms with Crippen LogP contribution in [0.25, 0.3) is 0 Å². The van der Waals surface area contributed by atoms with Gasteiger partial charge in [-0.2, -0.15) is 26.3 Å². The third kappa shape index (κ3) is 3.18. The van der Waals surface area contributed by atoms with Crippen LogP contribution < -0.4 is 34.7 Å². The smallest absolute Gasteiger partial charge is 0.571 e. The second kappa shape index (κ2) is 4.11. The molecule has 0 spiro atoms. The van der Waals surface area contributed by atoms with Crippen molar-refractivity contribution in [1.82, 2.24) is 10.2 Å². The molecule has 0 N–H and O–H groups in total. The van der Waals surface area contributed by atoms with Crippen LogP contribution in [0.2, 0.25) is 0 Å². The van der Waals surface area contributed by atoms with Gasteiger partial charge in [0.2, 0.25) is 0 Å². The third-order valence-corrected chi connectivity index (χ3v) is 1.12. The van der Waals surface area contributed by atoms with Gasteiger partial charge in [-0.05, 0) is 11.8 Å². The van der Waals surface area contributed by atoms with Gasteiger partial charge in [-0.3, -0.25) is 0 Å². The summed E-state index contributed by atoms with van der Waals surface area (Å²) in [5.74, 6) is 0. The van der Waals surface area contributed by atoms with Crippen molar-refractivity contribution in [3.8, 4) is 0 Å². The van der Waals surface area contributed by atoms with Crippen LogP contribution in [0.1, 0.15) is 11.4 Å². The average molecular weight is 226 g/mol. The Morgan fingerprint density at radius 2 is 1.50 bits per heavy atom. The number of alkyl halides is 6. The van der Waals surface area contributed by atoms with Crippen LogP contribution in [-0.2, 0) is 12.4 Å². The first-order chi connectivity index (χ1) is 5.71. The molecule has 0 unspecified atom stereocenters. The molecule has 14 heavy (non-hydrogen) atoms. The Morgan fingerprint density at radius 3 is 1.71 bits per heavy atom. The van der Waals surface area contributed by atoms with Gasteiger partial charge in [0, 0.05) is 0 Å². The fourth-order valence-corrected chi connectivity index (χ4v) is 0.572. The molecule has 0 saturated carbocycles. The summed E-state index contributed by atoms with van der Waals surface area (Å²) in [5.41, 5.74) is -3.28. The van der Waals surface area contributed by atoms with Crippen molar-refractivity contribution >= 4 is 0 Å². The molecule has 0 aliphatic carbocycles. The molecule has 0 atom stereocenters. The Morgan fingerprint density at radius 1 is 1.00 bits per heavy atom. The van der Waals surface area contributed by atoms with E-state index in [2.05, 4.69) is 10.2 Å². The first-order valence-corrected chi connectivity index (χ1v) is 2.86. The molecule has 0 saturated heterocycles. The van der Waals surface area contributed by atoms with Gasteiger partial charge in [-0.25, -0.2) is 0 Å². The summed E-state index contributed by atoms with van der Waals surface area (Å²) in [4.78, 5) is 0. The first-order valence-electron chi connectivity index (χ1n) is 2.86. The molecule has 0 bridgehead atoms. The van der Waals surface area contributed by atoms with E-state index < -0.39 is 23.7 Å². The molecular formula is C5HF6N2Na. The fraction of sp³-hybridized carbons (Fsp3) is 0.400. The molecule has 9 heteroatoms. The summed E-state index contributed by atoms with van der Waals surface area (Å²) in [6, 6.07) is -0.139. The molecule has 74 valence electrons. The van der Waals surface area contributed by atoms with E-state index >= 15 is 0 Å². The molecule has 1 aromatic heterocycles. The number of aromatic nitrogens is 2. The quantitative estimate of drug-likeness (QED) is 0.422. The summed E-state index contributed by atoms with van der Waals surface area (Å²) >= 11 is 0. The predicted octanol–water partition coefficient (Wildman–Crippen LogP) is -0.920. The van der Waals surface area contributed by atoms with E-state index in [4.69, 9.17) is 0 Å². The van der Waals surface area contributed by atoms with E-state index in [1.165, 1.54) is 0 Å². The molecule has 0 aliphatic heterocycles. The van der Waals surface area contributed by atoms with Crippen LogP contribution in [0.5, 0.6) is 0 Å². The number of hydrogen-bond acceptors (Lipinski definition) is 1. The number of halogens is 6. The second-order valence-electron chi connectivity index (χ2n) is 2.11. The van der Waals surface area contributed by atoms with Crippen LogP contribution in [0, 0.1) is 0 Å². The van der Waals surface area contributed by atoms with Crippen LogP contribution >= 0.6 is 0 Å². The molecule has 1 heterocycles. The van der Waals surface area contributed by atoms with Crippen molar-refractivity contribution in [3.05, 3.63) is 17.5 Å². The monoisotopic (exact) mass is 226 g/mol. The van der Waals surface area contributed by atoms with Gasteiger partial charge < -0.3 is 10.2 Å². The normalized spacial score (nSPS) is 12.4. The molecule has 1 aromatic rings. The van der Waals surface area contributed by atoms with Crippen LogP contribution in [0.15, 0.2) is 6.07 Å². The number of rotatable bonds is 0. The predicted molar refractivity (Wildman–Crippen MR) is 27.6 cm³/mol. The number of nitrogens with zero attached hydrogens (tertiary/aromatic N) is 2. The van der Waals surface area contributed by atoms with Crippen molar-refractivity contribution < 1.29 is 55.9 Å². The minimum Gasteiger partial charge on any atom is -0.571 e. The maximum absolute atomic E-state index is 11.7. The van der Waals surface area contributed by atoms with Gasteiger partial charge in [0.15, 0.2) is 0 Å². The Hall–Kier alpha value is -0.210. The molecular weight excluding hydrogens is 225 g/mol. The Bertz CT molecular complexity index is 271. The zero-order chi connectivity index (χ0) is 10.3. The minimum atomic E-state index is -4.89. The zero-order valence-corrected chi connectivity index (χ0v) is 8.74.